The molecular formula is C38H42BrClN2O6S. The summed E-state index contributed by atoms with van der Waals surface area (Å²) in [6.45, 7) is 2.02. The molecule has 0 aromatic heterocycles. The Morgan fingerprint density at radius 2 is 1.92 bits per heavy atom. The number of hydrogen-bond donors (Lipinski definition) is 2. The van der Waals surface area contributed by atoms with Gasteiger partial charge in [0.1, 0.15) is 11.5 Å². The van der Waals surface area contributed by atoms with Gasteiger partial charge in [-0.1, -0.05) is 45.7 Å². The van der Waals surface area contributed by atoms with Gasteiger partial charge in [0.15, 0.2) is 0 Å². The molecule has 2 N–H and O–H groups in total. The second kappa shape index (κ2) is 14.3. The fourth-order valence-corrected chi connectivity index (χ4v) is 9.89. The summed E-state index contributed by atoms with van der Waals surface area (Å²) in [5.74, 6) is 0.978. The lowest BCUT2D eigenvalue weighted by Crippen LogP contribution is -2.49. The zero-order chi connectivity index (χ0) is 34.2. The molecule has 11 heteroatoms. The quantitative estimate of drug-likeness (QED) is 0.271. The minimum absolute atomic E-state index is 0.0931. The number of anilines is 1. The lowest BCUT2D eigenvalue weighted by Gasteiger charge is -2.45. The van der Waals surface area contributed by atoms with E-state index in [-0.39, 0.29) is 42.3 Å². The van der Waals surface area contributed by atoms with Crippen LogP contribution in [-0.2, 0) is 21.9 Å². The van der Waals surface area contributed by atoms with Crippen LogP contribution in [-0.4, -0.2) is 57.1 Å². The van der Waals surface area contributed by atoms with E-state index in [1.807, 2.05) is 42.5 Å². The van der Waals surface area contributed by atoms with Gasteiger partial charge in [0.2, 0.25) is 10.0 Å². The maximum Gasteiger partial charge on any atom is 0.264 e. The normalized spacial score (nSPS) is 28.6. The highest BCUT2D eigenvalue weighted by Gasteiger charge is 2.44. The molecule has 2 heterocycles. The van der Waals surface area contributed by atoms with Crippen molar-refractivity contribution < 1.29 is 27.8 Å². The summed E-state index contributed by atoms with van der Waals surface area (Å²) in [5, 5.41) is 11.1. The summed E-state index contributed by atoms with van der Waals surface area (Å²) in [6.07, 6.45) is 8.85. The number of fused-ring (bicyclic) bond motifs is 4. The Morgan fingerprint density at radius 1 is 1.08 bits per heavy atom. The third kappa shape index (κ3) is 7.39. The molecular weight excluding hydrogens is 728 g/mol. The van der Waals surface area contributed by atoms with Crippen LogP contribution < -0.4 is 19.1 Å². The number of sulfonamides is 1. The first-order valence-corrected chi connectivity index (χ1v) is 19.9. The van der Waals surface area contributed by atoms with Crippen molar-refractivity contribution in [3.8, 4) is 11.5 Å². The Balaban J connectivity index is 1.20. The number of amides is 1. The molecule has 1 saturated carbocycles. The van der Waals surface area contributed by atoms with Crippen molar-refractivity contribution in [2.45, 2.75) is 68.1 Å². The molecule has 49 heavy (non-hydrogen) atoms. The van der Waals surface area contributed by atoms with Crippen molar-refractivity contribution in [2.24, 2.45) is 11.8 Å². The average molecular weight is 770 g/mol. The molecule has 7 rings (SSSR count). The van der Waals surface area contributed by atoms with Gasteiger partial charge in [-0.15, -0.1) is 0 Å². The largest absolute Gasteiger partial charge is 0.494 e. The lowest BCUT2D eigenvalue weighted by atomic mass is 9.68. The van der Waals surface area contributed by atoms with Gasteiger partial charge in [-0.3, -0.25) is 4.79 Å². The zero-order valence-corrected chi connectivity index (χ0v) is 30.5. The number of carbonyl (C=O) groups excluding carboxylic acids is 1. The number of allylic oxidation sites excluding steroid dienone is 1. The van der Waals surface area contributed by atoms with Crippen molar-refractivity contribution in [3.63, 3.8) is 0 Å². The molecule has 3 aromatic carbocycles. The number of rotatable bonds is 4. The van der Waals surface area contributed by atoms with Crippen LogP contribution >= 0.6 is 27.5 Å². The molecule has 2 aliphatic heterocycles. The van der Waals surface area contributed by atoms with Gasteiger partial charge in [0.05, 0.1) is 30.3 Å². The van der Waals surface area contributed by atoms with Crippen LogP contribution in [0.1, 0.15) is 66.4 Å². The highest BCUT2D eigenvalue weighted by Crippen LogP contribution is 2.46. The molecule has 260 valence electrons. The Hall–Kier alpha value is -3.05. The number of benzene rings is 3. The van der Waals surface area contributed by atoms with Crippen molar-refractivity contribution in [3.05, 3.63) is 99.0 Å². The van der Waals surface area contributed by atoms with Crippen molar-refractivity contribution >= 4 is 49.1 Å². The van der Waals surface area contributed by atoms with Crippen LogP contribution in [0, 0.1) is 11.8 Å². The standard InChI is InChI=1S/C38H42BrClN2O6S/c39-28-9-12-30(13-10-28)47-19-17-31-5-1-2-6-35(43)32-14-7-27(32)22-42-23-38(18-3-4-25-20-29(40)11-15-33(25)38)24-48-36-16-8-26(21-34(36)42)37(44)41-49(31,45)46/h2,6,8-13,15-16,20-21,27,31-32,35,43H,1,3-5,7,14,17-19,22-24H2,(H,41,44)/b6-2-/t27-,31+,32+,35-,38-/m0/s1. The Labute approximate surface area is 302 Å². The monoisotopic (exact) mass is 768 g/mol. The van der Waals surface area contributed by atoms with Gasteiger partial charge in [0, 0.05) is 33.6 Å². The first kappa shape index (κ1) is 34.4. The lowest BCUT2D eigenvalue weighted by molar-refractivity contribution is 0.0456. The topological polar surface area (TPSA) is 105 Å². The van der Waals surface area contributed by atoms with E-state index in [2.05, 4.69) is 37.7 Å². The third-order valence-electron chi connectivity index (χ3n) is 10.9. The van der Waals surface area contributed by atoms with E-state index in [1.165, 1.54) is 11.1 Å². The number of aliphatic hydroxyl groups is 1. The number of nitrogens with zero attached hydrogens (tertiary/aromatic N) is 1. The minimum Gasteiger partial charge on any atom is -0.494 e. The van der Waals surface area contributed by atoms with E-state index in [0.717, 1.165) is 47.3 Å². The number of nitrogens with one attached hydrogen (secondary N) is 1. The fourth-order valence-electron chi connectivity index (χ4n) is 8.04. The van der Waals surface area contributed by atoms with Gasteiger partial charge in [-0.05, 0) is 129 Å². The molecule has 8 nitrogen and oxygen atoms in total. The summed E-state index contributed by atoms with van der Waals surface area (Å²) >= 11 is 9.83. The summed E-state index contributed by atoms with van der Waals surface area (Å²) in [5.41, 5.74) is 3.23. The summed E-state index contributed by atoms with van der Waals surface area (Å²) in [6, 6.07) is 18.7. The first-order chi connectivity index (χ1) is 23.6. The second-order valence-corrected chi connectivity index (χ2v) is 17.3. The molecule has 1 fully saturated rings. The van der Waals surface area contributed by atoms with E-state index >= 15 is 0 Å². The number of hydrogen-bond acceptors (Lipinski definition) is 7. The second-order valence-electron chi connectivity index (χ2n) is 14.0. The van der Waals surface area contributed by atoms with Gasteiger partial charge < -0.3 is 19.5 Å². The smallest absolute Gasteiger partial charge is 0.264 e. The number of ether oxygens (including phenoxy) is 2. The molecule has 0 saturated heterocycles. The highest BCUT2D eigenvalue weighted by molar-refractivity contribution is 9.10. The van der Waals surface area contributed by atoms with E-state index < -0.39 is 27.3 Å². The number of aryl methyl sites for hydroxylation is 1. The van der Waals surface area contributed by atoms with E-state index in [1.54, 1.807) is 18.2 Å². The minimum atomic E-state index is -4.07. The number of aliphatic hydroxyl groups excluding tert-OH is 1. The SMILES string of the molecule is O=C1NS(=O)(=O)[C@@H](CCOc2ccc(Br)cc2)CC/C=C\[C@H](O)[C@@H]2CC[C@H]2CN2C[C@@]3(CCCc4cc(Cl)ccc43)COc3ccc1cc32. The van der Waals surface area contributed by atoms with Crippen LogP contribution in [0.15, 0.2) is 77.3 Å². The van der Waals surface area contributed by atoms with E-state index in [9.17, 15) is 18.3 Å². The van der Waals surface area contributed by atoms with Gasteiger partial charge in [-0.25, -0.2) is 13.1 Å². The Morgan fingerprint density at radius 3 is 2.71 bits per heavy atom. The Kier molecular flexibility index (Phi) is 10.0. The molecule has 1 amide bonds. The van der Waals surface area contributed by atoms with Crippen LogP contribution in [0.5, 0.6) is 11.5 Å². The van der Waals surface area contributed by atoms with Crippen molar-refractivity contribution in [2.75, 3.05) is 31.2 Å². The van der Waals surface area contributed by atoms with Gasteiger partial charge in [-0.2, -0.15) is 0 Å². The summed E-state index contributed by atoms with van der Waals surface area (Å²) < 4.78 is 43.2. The predicted molar refractivity (Wildman–Crippen MR) is 195 cm³/mol. The molecule has 0 radical (unpaired) electrons. The van der Waals surface area contributed by atoms with Crippen LogP contribution in [0.2, 0.25) is 5.02 Å². The molecule has 5 atom stereocenters. The van der Waals surface area contributed by atoms with Crippen LogP contribution in [0.3, 0.4) is 0 Å². The maximum absolute atomic E-state index is 13.7. The van der Waals surface area contributed by atoms with E-state index in [0.29, 0.717) is 37.6 Å². The average Bonchev–Trinajstić information content (AvgIpc) is 3.21. The molecule has 3 aromatic rings. The Bertz CT molecular complexity index is 1840. The maximum atomic E-state index is 13.7. The van der Waals surface area contributed by atoms with Crippen LogP contribution in [0.25, 0.3) is 0 Å². The van der Waals surface area contributed by atoms with Gasteiger partial charge in [0.25, 0.3) is 5.91 Å². The van der Waals surface area contributed by atoms with Crippen molar-refractivity contribution in [1.29, 1.82) is 0 Å². The highest BCUT2D eigenvalue weighted by atomic mass is 79.9. The summed E-state index contributed by atoms with van der Waals surface area (Å²) in [7, 11) is -4.07. The molecule has 1 spiro atoms. The molecule has 2 bridgehead atoms. The van der Waals surface area contributed by atoms with Crippen LogP contribution in [0.4, 0.5) is 5.69 Å². The third-order valence-corrected chi connectivity index (χ3v) is 13.4. The number of carbonyl (C=O) groups is 1. The van der Waals surface area contributed by atoms with Gasteiger partial charge >= 0.3 is 0 Å². The number of halogens is 2. The van der Waals surface area contributed by atoms with Crippen molar-refractivity contribution in [1.82, 2.24) is 4.72 Å². The molecule has 4 aliphatic rings. The molecule has 2 aliphatic carbocycles. The van der Waals surface area contributed by atoms with E-state index in [4.69, 9.17) is 21.1 Å². The first-order valence-electron chi connectivity index (χ1n) is 17.2. The zero-order valence-electron chi connectivity index (χ0n) is 27.3. The molecule has 0 unspecified atom stereocenters. The fraction of sp³-hybridized carbons (Fsp3) is 0.447. The summed E-state index contributed by atoms with van der Waals surface area (Å²) in [4.78, 5) is 16.0. The predicted octanol–water partition coefficient (Wildman–Crippen LogP) is 7.21.